The van der Waals surface area contributed by atoms with Gasteiger partial charge in [0, 0.05) is 29.9 Å². The zero-order valence-corrected chi connectivity index (χ0v) is 18.1. The Morgan fingerprint density at radius 3 is 2.80 bits per heavy atom. The van der Waals surface area contributed by atoms with Crippen LogP contribution in [0.5, 0.6) is 0 Å². The van der Waals surface area contributed by atoms with Gasteiger partial charge in [-0.25, -0.2) is 14.2 Å². The molecule has 1 aliphatic carbocycles. The van der Waals surface area contributed by atoms with Crippen LogP contribution >= 0.6 is 23.1 Å². The van der Waals surface area contributed by atoms with Crippen LogP contribution in [0.1, 0.15) is 55.9 Å². The van der Waals surface area contributed by atoms with E-state index in [0.29, 0.717) is 29.4 Å². The number of carbonyl (C=O) groups excluding carboxylic acids is 1. The van der Waals surface area contributed by atoms with E-state index in [9.17, 15) is 27.9 Å². The van der Waals surface area contributed by atoms with Gasteiger partial charge in [0.25, 0.3) is 0 Å². The molecule has 5 nitrogen and oxygen atoms in total. The van der Waals surface area contributed by atoms with Crippen molar-refractivity contribution < 1.29 is 33.0 Å². The molecular weight excluding hydrogens is 439 g/mol. The van der Waals surface area contributed by atoms with E-state index in [2.05, 4.69) is 4.98 Å². The highest BCUT2D eigenvalue weighted by Crippen LogP contribution is 2.35. The average molecular weight is 464 g/mol. The molecule has 166 valence electrons. The molecule has 2 N–H and O–H groups in total. The Morgan fingerprint density at radius 1 is 1.43 bits per heavy atom. The number of carbonyl (C=O) groups is 2. The van der Waals surface area contributed by atoms with Crippen LogP contribution in [0, 0.1) is 11.8 Å². The predicted molar refractivity (Wildman–Crippen MR) is 110 cm³/mol. The van der Waals surface area contributed by atoms with Gasteiger partial charge in [-0.1, -0.05) is 23.9 Å². The van der Waals surface area contributed by atoms with Crippen molar-refractivity contribution in [3.05, 3.63) is 35.1 Å². The molecule has 0 radical (unpaired) electrons. The highest BCUT2D eigenvalue weighted by atomic mass is 32.2. The lowest BCUT2D eigenvalue weighted by atomic mass is 9.90. The Bertz CT molecular complexity index is 819. The van der Waals surface area contributed by atoms with E-state index in [1.165, 1.54) is 35.4 Å². The Morgan fingerprint density at radius 2 is 2.17 bits per heavy atom. The summed E-state index contributed by atoms with van der Waals surface area (Å²) in [6.45, 7) is 1.47. The molecule has 0 aliphatic heterocycles. The molecule has 0 bridgehead atoms. The highest BCUT2D eigenvalue weighted by Gasteiger charge is 2.32. The number of hydrogen-bond donors (Lipinski definition) is 2. The number of carboxylic acids is 1. The normalized spacial score (nSPS) is 21.2. The standard InChI is InChI=1S/C20H24F3NO4S2/c1-20(28,9-6-14(21)17(22)23)8-2-3-12-4-5-16(25)13(12)7-10-29-19-24-15(11-30-19)18(26)27/h2-3,11-13,28H,4-10H2,1H3,(H,26,27)/t12?,13-,20?/m1/s1. The lowest BCUT2D eigenvalue weighted by molar-refractivity contribution is -0.121. The minimum absolute atomic E-state index is 0.0110. The number of thiazole rings is 1. The third-order valence-corrected chi connectivity index (χ3v) is 7.09. The number of Topliss-reactive ketones (excluding diaryl/α,β-unsaturated/α-hetero) is 1. The minimum atomic E-state index is -2.36. The summed E-state index contributed by atoms with van der Waals surface area (Å²) < 4.78 is 37.8. The van der Waals surface area contributed by atoms with E-state index in [0.717, 1.165) is 0 Å². The molecular formula is C20H24F3NO4S2. The first-order chi connectivity index (χ1) is 14.1. The molecule has 3 atom stereocenters. The third-order valence-electron chi connectivity index (χ3n) is 5.04. The lowest BCUT2D eigenvalue weighted by Crippen LogP contribution is -2.23. The Balaban J connectivity index is 1.83. The molecule has 1 heterocycles. The minimum Gasteiger partial charge on any atom is -0.476 e. The zero-order valence-electron chi connectivity index (χ0n) is 16.4. The van der Waals surface area contributed by atoms with Crippen LogP contribution in [0.3, 0.4) is 0 Å². The zero-order chi connectivity index (χ0) is 22.3. The number of aromatic nitrogens is 1. The number of nitrogens with zero attached hydrogens (tertiary/aromatic N) is 1. The molecule has 1 saturated carbocycles. The van der Waals surface area contributed by atoms with E-state index in [-0.39, 0.29) is 36.2 Å². The van der Waals surface area contributed by atoms with Crippen molar-refractivity contribution in [2.24, 2.45) is 11.8 Å². The molecule has 10 heteroatoms. The second kappa shape index (κ2) is 11.1. The first-order valence-electron chi connectivity index (χ1n) is 9.52. The van der Waals surface area contributed by atoms with E-state index < -0.39 is 29.9 Å². The van der Waals surface area contributed by atoms with Crippen LogP contribution in [0.25, 0.3) is 0 Å². The fourth-order valence-corrected chi connectivity index (χ4v) is 5.20. The molecule has 1 aromatic rings. The number of aromatic carboxylic acids is 1. The van der Waals surface area contributed by atoms with Crippen LogP contribution < -0.4 is 0 Å². The second-order valence-corrected chi connectivity index (χ2v) is 9.71. The quantitative estimate of drug-likeness (QED) is 0.334. The van der Waals surface area contributed by atoms with E-state index in [1.54, 1.807) is 6.08 Å². The second-order valence-electron chi connectivity index (χ2n) is 7.51. The molecule has 1 aliphatic rings. The number of halogens is 3. The van der Waals surface area contributed by atoms with Gasteiger partial charge in [0.05, 0.1) is 5.60 Å². The van der Waals surface area contributed by atoms with Crippen molar-refractivity contribution in [3.8, 4) is 0 Å². The SMILES string of the molecule is CC(O)(CC=CC1CCC(=O)[C@@H]1CCSc1nc(C(=O)O)cs1)CCC(F)=C(F)F. The summed E-state index contributed by atoms with van der Waals surface area (Å²) in [4.78, 5) is 27.1. The van der Waals surface area contributed by atoms with Crippen LogP contribution in [0.4, 0.5) is 13.2 Å². The number of aliphatic hydroxyl groups is 1. The van der Waals surface area contributed by atoms with Gasteiger partial charge in [-0.2, -0.15) is 8.78 Å². The van der Waals surface area contributed by atoms with Crippen molar-refractivity contribution in [2.45, 2.75) is 55.4 Å². The maximum absolute atomic E-state index is 12.9. The van der Waals surface area contributed by atoms with Gasteiger partial charge in [0.15, 0.2) is 15.9 Å². The Hall–Kier alpha value is -1.65. The molecule has 1 aromatic heterocycles. The first kappa shape index (κ1) is 24.6. The monoisotopic (exact) mass is 463 g/mol. The van der Waals surface area contributed by atoms with Crippen molar-refractivity contribution in [3.63, 3.8) is 0 Å². The summed E-state index contributed by atoms with van der Waals surface area (Å²) in [5.41, 5.74) is -1.30. The number of allylic oxidation sites excluding steroid dienone is 2. The topological polar surface area (TPSA) is 87.5 Å². The van der Waals surface area contributed by atoms with Crippen molar-refractivity contribution in [1.82, 2.24) is 4.98 Å². The van der Waals surface area contributed by atoms with Gasteiger partial charge >= 0.3 is 12.0 Å². The van der Waals surface area contributed by atoms with Crippen LogP contribution in [-0.2, 0) is 4.79 Å². The molecule has 30 heavy (non-hydrogen) atoms. The predicted octanol–water partition coefficient (Wildman–Crippen LogP) is 5.47. The molecule has 0 aromatic carbocycles. The van der Waals surface area contributed by atoms with Gasteiger partial charge in [0.2, 0.25) is 0 Å². The number of thioether (sulfide) groups is 1. The summed E-state index contributed by atoms with van der Waals surface area (Å²) >= 11 is 2.67. The molecule has 1 fully saturated rings. The molecule has 0 saturated heterocycles. The maximum atomic E-state index is 12.9. The third kappa shape index (κ3) is 7.55. The number of ketones is 1. The van der Waals surface area contributed by atoms with Crippen LogP contribution in [0.2, 0.25) is 0 Å². The molecule has 0 amide bonds. The highest BCUT2D eigenvalue weighted by molar-refractivity contribution is 8.01. The molecule has 0 spiro atoms. The average Bonchev–Trinajstić information content (AvgIpc) is 3.28. The summed E-state index contributed by atoms with van der Waals surface area (Å²) in [6, 6.07) is 0. The first-order valence-corrected chi connectivity index (χ1v) is 11.4. The van der Waals surface area contributed by atoms with Gasteiger partial charge < -0.3 is 10.2 Å². The van der Waals surface area contributed by atoms with Crippen molar-refractivity contribution >= 4 is 34.9 Å². The van der Waals surface area contributed by atoms with E-state index >= 15 is 0 Å². The summed E-state index contributed by atoms with van der Waals surface area (Å²) in [5, 5.41) is 20.6. The van der Waals surface area contributed by atoms with Crippen molar-refractivity contribution in [1.29, 1.82) is 0 Å². The Labute approximate surface area is 181 Å². The van der Waals surface area contributed by atoms with Gasteiger partial charge in [0.1, 0.15) is 5.78 Å². The van der Waals surface area contributed by atoms with Gasteiger partial charge in [-0.3, -0.25) is 4.79 Å². The number of rotatable bonds is 11. The molecule has 2 unspecified atom stereocenters. The maximum Gasteiger partial charge on any atom is 0.355 e. The largest absolute Gasteiger partial charge is 0.476 e. The van der Waals surface area contributed by atoms with Gasteiger partial charge in [-0.15, -0.1) is 11.3 Å². The van der Waals surface area contributed by atoms with Crippen LogP contribution in [0.15, 0.2) is 33.8 Å². The summed E-state index contributed by atoms with van der Waals surface area (Å²) in [7, 11) is 0. The van der Waals surface area contributed by atoms with E-state index in [1.807, 2.05) is 6.08 Å². The summed E-state index contributed by atoms with van der Waals surface area (Å²) in [6.07, 6.45) is 2.59. The number of hydrogen-bond acceptors (Lipinski definition) is 6. The smallest absolute Gasteiger partial charge is 0.355 e. The number of carboxylic acid groups (broad SMARTS) is 1. The van der Waals surface area contributed by atoms with Crippen LogP contribution in [-0.4, -0.2) is 38.3 Å². The Kier molecular flexibility index (Phi) is 9.11. The fraction of sp³-hybridized carbons (Fsp3) is 0.550. The summed E-state index contributed by atoms with van der Waals surface area (Å²) in [5.74, 6) is -1.90. The van der Waals surface area contributed by atoms with Crippen molar-refractivity contribution in [2.75, 3.05) is 5.75 Å². The fourth-order valence-electron chi connectivity index (χ4n) is 3.31. The molecule has 2 rings (SSSR count). The van der Waals surface area contributed by atoms with E-state index in [4.69, 9.17) is 5.11 Å². The lowest BCUT2D eigenvalue weighted by Gasteiger charge is -2.21. The van der Waals surface area contributed by atoms with Gasteiger partial charge in [-0.05, 0) is 38.5 Å².